The summed E-state index contributed by atoms with van der Waals surface area (Å²) in [6.07, 6.45) is 2.10. The molecule has 0 unspecified atom stereocenters. The summed E-state index contributed by atoms with van der Waals surface area (Å²) in [7, 11) is 0. The molecule has 1 atom stereocenters. The van der Waals surface area contributed by atoms with Crippen LogP contribution in [0.5, 0.6) is 0 Å². The number of likely N-dealkylation sites (tertiary alicyclic amines) is 1. The summed E-state index contributed by atoms with van der Waals surface area (Å²) in [6.45, 7) is 7.08. The number of aliphatic hydroxyl groups is 1. The molecule has 1 amide bonds. The smallest absolute Gasteiger partial charge is 0.241 e. The minimum Gasteiger partial charge on any atom is -0.396 e. The van der Waals surface area contributed by atoms with Crippen LogP contribution in [0, 0.1) is 11.8 Å². The van der Waals surface area contributed by atoms with Gasteiger partial charge in [-0.05, 0) is 55.5 Å². The number of nitrogens with one attached hydrogen (secondary N) is 1. The average Bonchev–Trinajstić information content (AvgIpc) is 2.55. The zero-order valence-corrected chi connectivity index (χ0v) is 16.6. The van der Waals surface area contributed by atoms with Crippen molar-refractivity contribution in [3.8, 4) is 0 Å². The van der Waals surface area contributed by atoms with Gasteiger partial charge in [-0.25, -0.2) is 0 Å². The number of piperidine rings is 1. The lowest BCUT2D eigenvalue weighted by atomic mass is 9.97. The predicted octanol–water partition coefficient (Wildman–Crippen LogP) is 2.66. The third-order valence-electron chi connectivity index (χ3n) is 4.59. The second-order valence-corrected chi connectivity index (χ2v) is 6.86. The Morgan fingerprint density at radius 2 is 1.96 bits per heavy atom. The van der Waals surface area contributed by atoms with Crippen molar-refractivity contribution in [3.05, 3.63) is 29.8 Å². The fraction of sp³-hybridized carbons (Fsp3) is 0.611. The van der Waals surface area contributed by atoms with Crippen molar-refractivity contribution in [3.63, 3.8) is 0 Å². The molecule has 1 aliphatic rings. The number of anilines is 1. The molecule has 1 saturated heterocycles. The van der Waals surface area contributed by atoms with Crippen molar-refractivity contribution < 1.29 is 9.90 Å². The first-order chi connectivity index (χ1) is 11.0. The van der Waals surface area contributed by atoms with Gasteiger partial charge < -0.3 is 16.2 Å². The number of nitrogens with zero attached hydrogens (tertiary/aromatic N) is 1. The van der Waals surface area contributed by atoms with E-state index in [1.807, 2.05) is 32.0 Å². The van der Waals surface area contributed by atoms with E-state index in [2.05, 4.69) is 16.3 Å². The molecule has 0 aromatic heterocycles. The van der Waals surface area contributed by atoms with Gasteiger partial charge in [-0.3, -0.25) is 9.69 Å². The second-order valence-electron chi connectivity index (χ2n) is 6.86. The Bertz CT molecular complexity index is 521. The van der Waals surface area contributed by atoms with Gasteiger partial charge in [0, 0.05) is 18.8 Å². The Morgan fingerprint density at radius 3 is 2.52 bits per heavy atom. The molecule has 1 aromatic carbocycles. The molecule has 7 heteroatoms. The summed E-state index contributed by atoms with van der Waals surface area (Å²) >= 11 is 0. The molecule has 0 radical (unpaired) electrons. The van der Waals surface area contributed by atoms with Crippen LogP contribution in [-0.4, -0.2) is 41.7 Å². The highest BCUT2D eigenvalue weighted by atomic mass is 35.5. The molecule has 0 bridgehead atoms. The lowest BCUT2D eigenvalue weighted by molar-refractivity contribution is -0.118. The maximum atomic E-state index is 12.1. The van der Waals surface area contributed by atoms with E-state index < -0.39 is 6.04 Å². The fourth-order valence-electron chi connectivity index (χ4n) is 2.86. The third-order valence-corrected chi connectivity index (χ3v) is 4.59. The topological polar surface area (TPSA) is 78.6 Å². The maximum Gasteiger partial charge on any atom is 0.241 e. The molecule has 1 heterocycles. The highest BCUT2D eigenvalue weighted by Gasteiger charge is 2.19. The lowest BCUT2D eigenvalue weighted by Crippen LogP contribution is -2.39. The summed E-state index contributed by atoms with van der Waals surface area (Å²) in [4.78, 5) is 14.4. The van der Waals surface area contributed by atoms with Gasteiger partial charge in [0.05, 0.1) is 6.04 Å². The van der Waals surface area contributed by atoms with Gasteiger partial charge in [-0.2, -0.15) is 0 Å². The molecule has 0 aliphatic carbocycles. The highest BCUT2D eigenvalue weighted by Crippen LogP contribution is 2.20. The van der Waals surface area contributed by atoms with Crippen molar-refractivity contribution in [2.45, 2.75) is 39.3 Å². The van der Waals surface area contributed by atoms with Crippen LogP contribution in [0.25, 0.3) is 0 Å². The first kappa shape index (κ1) is 24.1. The minimum absolute atomic E-state index is 0. The molecule has 5 nitrogen and oxygen atoms in total. The first-order valence-corrected chi connectivity index (χ1v) is 8.48. The van der Waals surface area contributed by atoms with E-state index in [9.17, 15) is 9.90 Å². The molecule has 2 rings (SSSR count). The number of hydrogen-bond donors (Lipinski definition) is 3. The Kier molecular flexibility index (Phi) is 11.3. The van der Waals surface area contributed by atoms with E-state index in [0.717, 1.165) is 38.2 Å². The molecular weight excluding hydrogens is 361 g/mol. The summed E-state index contributed by atoms with van der Waals surface area (Å²) in [5, 5.41) is 12.1. The number of carbonyl (C=O) groups excluding carboxylic acids is 1. The van der Waals surface area contributed by atoms with E-state index in [-0.39, 0.29) is 36.6 Å². The fourth-order valence-corrected chi connectivity index (χ4v) is 2.86. The van der Waals surface area contributed by atoms with E-state index in [4.69, 9.17) is 5.73 Å². The molecule has 25 heavy (non-hydrogen) atoms. The predicted molar refractivity (Wildman–Crippen MR) is 107 cm³/mol. The van der Waals surface area contributed by atoms with E-state index in [1.54, 1.807) is 0 Å². The second kappa shape index (κ2) is 11.7. The van der Waals surface area contributed by atoms with Crippen LogP contribution in [0.15, 0.2) is 24.3 Å². The quantitative estimate of drug-likeness (QED) is 0.696. The van der Waals surface area contributed by atoms with E-state index in [1.165, 1.54) is 5.56 Å². The van der Waals surface area contributed by atoms with Crippen LogP contribution < -0.4 is 11.1 Å². The van der Waals surface area contributed by atoms with Crippen molar-refractivity contribution >= 4 is 36.4 Å². The van der Waals surface area contributed by atoms with Gasteiger partial charge >= 0.3 is 0 Å². The number of rotatable bonds is 6. The molecular formula is C18H31Cl2N3O2. The Balaban J connectivity index is 0.00000288. The largest absolute Gasteiger partial charge is 0.396 e. The number of benzene rings is 1. The molecule has 0 spiro atoms. The summed E-state index contributed by atoms with van der Waals surface area (Å²) in [5.41, 5.74) is 7.86. The minimum atomic E-state index is -0.490. The Labute approximate surface area is 163 Å². The van der Waals surface area contributed by atoms with Crippen molar-refractivity contribution in [1.29, 1.82) is 0 Å². The van der Waals surface area contributed by atoms with Crippen molar-refractivity contribution in [2.75, 3.05) is 25.0 Å². The van der Waals surface area contributed by atoms with Crippen LogP contribution in [0.3, 0.4) is 0 Å². The third kappa shape index (κ3) is 7.50. The number of aliphatic hydroxyl groups excluding tert-OH is 1. The normalized spacial score (nSPS) is 16.7. The molecule has 0 saturated carbocycles. The number of carbonyl (C=O) groups is 1. The number of halogens is 2. The summed E-state index contributed by atoms with van der Waals surface area (Å²) in [6, 6.07) is 7.47. The highest BCUT2D eigenvalue weighted by molar-refractivity contribution is 5.94. The lowest BCUT2D eigenvalue weighted by Gasteiger charge is -2.31. The van der Waals surface area contributed by atoms with Crippen LogP contribution in [-0.2, 0) is 11.3 Å². The molecule has 1 aromatic rings. The Hall–Kier alpha value is -0.850. The van der Waals surface area contributed by atoms with Gasteiger partial charge in [-0.15, -0.1) is 24.8 Å². The van der Waals surface area contributed by atoms with Gasteiger partial charge in [0.1, 0.15) is 0 Å². The van der Waals surface area contributed by atoms with Gasteiger partial charge in [0.25, 0.3) is 0 Å². The van der Waals surface area contributed by atoms with Crippen LogP contribution in [0.2, 0.25) is 0 Å². The average molecular weight is 392 g/mol. The Morgan fingerprint density at radius 1 is 1.32 bits per heavy atom. The van der Waals surface area contributed by atoms with Crippen molar-refractivity contribution in [1.82, 2.24) is 4.90 Å². The number of nitrogens with two attached hydrogens (primary N) is 1. The van der Waals surface area contributed by atoms with Gasteiger partial charge in [0.2, 0.25) is 5.91 Å². The number of hydrogen-bond acceptors (Lipinski definition) is 4. The molecule has 1 fully saturated rings. The zero-order chi connectivity index (χ0) is 16.8. The first-order valence-electron chi connectivity index (χ1n) is 8.48. The molecule has 1 aliphatic heterocycles. The van der Waals surface area contributed by atoms with Gasteiger partial charge in [-0.1, -0.05) is 26.0 Å². The number of amides is 1. The summed E-state index contributed by atoms with van der Waals surface area (Å²) in [5.74, 6) is 0.432. The van der Waals surface area contributed by atoms with Crippen LogP contribution >= 0.6 is 24.8 Å². The summed E-state index contributed by atoms with van der Waals surface area (Å²) < 4.78 is 0. The van der Waals surface area contributed by atoms with Gasteiger partial charge in [0.15, 0.2) is 0 Å². The molecule has 144 valence electrons. The molecule has 4 N–H and O–H groups in total. The SMILES string of the molecule is CC(C)[C@H](N)C(=O)Nc1cccc(CN2CCC(CO)CC2)c1.Cl.Cl. The van der Waals surface area contributed by atoms with Crippen molar-refractivity contribution in [2.24, 2.45) is 17.6 Å². The standard InChI is InChI=1S/C18H29N3O2.2ClH/c1-13(2)17(19)18(23)20-16-5-3-4-15(10-16)11-21-8-6-14(12-22)7-9-21;;/h3-5,10,13-14,17,22H,6-9,11-12,19H2,1-2H3,(H,20,23);2*1H/t17-;;/m0../s1. The van der Waals surface area contributed by atoms with Crippen LogP contribution in [0.4, 0.5) is 5.69 Å². The monoisotopic (exact) mass is 391 g/mol. The van der Waals surface area contributed by atoms with Crippen LogP contribution in [0.1, 0.15) is 32.3 Å². The zero-order valence-electron chi connectivity index (χ0n) is 15.0. The van der Waals surface area contributed by atoms with E-state index in [0.29, 0.717) is 12.5 Å². The van der Waals surface area contributed by atoms with E-state index >= 15 is 0 Å². The maximum absolute atomic E-state index is 12.1.